The molecule has 0 saturated heterocycles. The number of fused-ring (bicyclic) bond motifs is 1. The second-order valence-electron chi connectivity index (χ2n) is 2.35. The molecule has 1 heterocycles. The molecule has 0 aliphatic rings. The number of benzene rings is 1. The molecule has 0 bridgehead atoms. The van der Waals surface area contributed by atoms with Crippen molar-refractivity contribution < 1.29 is 15.0 Å². The van der Waals surface area contributed by atoms with E-state index in [9.17, 15) is 0 Å². The summed E-state index contributed by atoms with van der Waals surface area (Å²) in [6.07, 6.45) is 0.116. The van der Waals surface area contributed by atoms with Crippen molar-refractivity contribution >= 4 is 30.6 Å². The van der Waals surface area contributed by atoms with E-state index in [1.54, 1.807) is 0 Å². The van der Waals surface area contributed by atoms with Gasteiger partial charge in [0, 0.05) is 11.7 Å². The Morgan fingerprint density at radius 1 is 1.14 bits per heavy atom. The highest BCUT2D eigenvalue weighted by atomic mass is 32.1. The zero-order valence-electron chi connectivity index (χ0n) is 7.27. The van der Waals surface area contributed by atoms with Crippen molar-refractivity contribution in [1.82, 2.24) is 4.98 Å². The predicted octanol–water partition coefficient (Wildman–Crippen LogP) is 2.50. The molecule has 0 saturated carbocycles. The Balaban J connectivity index is 0.000000299. The summed E-state index contributed by atoms with van der Waals surface area (Å²) in [7, 11) is 0. The molecule has 76 valence electrons. The maximum atomic E-state index is 8.56. The first kappa shape index (κ1) is 12.4. The highest BCUT2D eigenvalue weighted by Crippen LogP contribution is 2.09. The van der Waals surface area contributed by atoms with Gasteiger partial charge in [0.15, 0.2) is 0 Å². The van der Waals surface area contributed by atoms with Gasteiger partial charge in [-0.3, -0.25) is 0 Å². The molecule has 0 amide bonds. The third kappa shape index (κ3) is 3.86. The number of carbonyl (C=O) groups is 1. The summed E-state index contributed by atoms with van der Waals surface area (Å²) in [6, 6.07) is 10.3. The number of carboxylic acid groups (broad SMARTS) is 2. The van der Waals surface area contributed by atoms with Crippen LogP contribution >= 0.6 is 13.5 Å². The van der Waals surface area contributed by atoms with Gasteiger partial charge in [-0.1, -0.05) is 18.2 Å². The summed E-state index contributed by atoms with van der Waals surface area (Å²) in [6.45, 7) is 0. The molecular formula is C9H11NO3S. The minimum Gasteiger partial charge on any atom is -0.450 e. The molecule has 2 aromatic rings. The summed E-state index contributed by atoms with van der Waals surface area (Å²) in [5.74, 6) is 0. The largest absolute Gasteiger partial charge is 0.503 e. The summed E-state index contributed by atoms with van der Waals surface area (Å²) in [4.78, 5) is 11.7. The molecule has 0 spiro atoms. The lowest BCUT2D eigenvalue weighted by molar-refractivity contribution is 0.137. The van der Waals surface area contributed by atoms with Crippen molar-refractivity contribution in [3.05, 3.63) is 36.5 Å². The van der Waals surface area contributed by atoms with E-state index in [1.165, 1.54) is 10.9 Å². The average molecular weight is 213 g/mol. The fourth-order valence-electron chi connectivity index (χ4n) is 0.995. The van der Waals surface area contributed by atoms with Gasteiger partial charge in [-0.05, 0) is 17.5 Å². The van der Waals surface area contributed by atoms with E-state index in [-0.39, 0.29) is 13.5 Å². The van der Waals surface area contributed by atoms with Gasteiger partial charge >= 0.3 is 6.16 Å². The van der Waals surface area contributed by atoms with Gasteiger partial charge in [0.2, 0.25) is 0 Å². The zero-order valence-corrected chi connectivity index (χ0v) is 8.27. The Hall–Kier alpha value is -1.62. The maximum Gasteiger partial charge on any atom is 0.503 e. The van der Waals surface area contributed by atoms with E-state index in [2.05, 4.69) is 23.2 Å². The first-order valence-corrected chi connectivity index (χ1v) is 3.64. The van der Waals surface area contributed by atoms with Crippen molar-refractivity contribution in [1.29, 1.82) is 0 Å². The number of aromatic nitrogens is 1. The third-order valence-electron chi connectivity index (χ3n) is 1.46. The minimum atomic E-state index is -1.83. The lowest BCUT2D eigenvalue weighted by atomic mass is 10.3. The van der Waals surface area contributed by atoms with Crippen molar-refractivity contribution in [3.8, 4) is 0 Å². The number of nitrogens with one attached hydrogen (secondary N) is 1. The summed E-state index contributed by atoms with van der Waals surface area (Å²) >= 11 is 0. The Kier molecular flexibility index (Phi) is 5.24. The first-order chi connectivity index (χ1) is 6.20. The number of aromatic amines is 1. The Morgan fingerprint density at radius 2 is 1.71 bits per heavy atom. The summed E-state index contributed by atoms with van der Waals surface area (Å²) in [5, 5.41) is 15.2. The Bertz CT molecular complexity index is 365. The predicted molar refractivity (Wildman–Crippen MR) is 59.3 cm³/mol. The third-order valence-corrected chi connectivity index (χ3v) is 1.46. The molecule has 0 atom stereocenters. The zero-order chi connectivity index (χ0) is 9.68. The van der Waals surface area contributed by atoms with Crippen LogP contribution in [0.2, 0.25) is 0 Å². The minimum absolute atomic E-state index is 0. The van der Waals surface area contributed by atoms with Gasteiger partial charge in [0.25, 0.3) is 0 Å². The maximum absolute atomic E-state index is 8.56. The quantitative estimate of drug-likeness (QED) is 0.629. The van der Waals surface area contributed by atoms with E-state index in [0.29, 0.717) is 0 Å². The van der Waals surface area contributed by atoms with Crippen LogP contribution < -0.4 is 0 Å². The molecule has 5 heteroatoms. The molecule has 0 unspecified atom stereocenters. The fourth-order valence-corrected chi connectivity index (χ4v) is 0.995. The lowest BCUT2D eigenvalue weighted by Gasteiger charge is -1.83. The highest BCUT2D eigenvalue weighted by Gasteiger charge is 1.86. The van der Waals surface area contributed by atoms with Crippen LogP contribution in [0.3, 0.4) is 0 Å². The van der Waals surface area contributed by atoms with Gasteiger partial charge in [-0.2, -0.15) is 13.5 Å². The van der Waals surface area contributed by atoms with Gasteiger partial charge in [0.05, 0.1) is 0 Å². The van der Waals surface area contributed by atoms with Crippen LogP contribution in [0.1, 0.15) is 0 Å². The van der Waals surface area contributed by atoms with E-state index in [0.717, 1.165) is 0 Å². The fraction of sp³-hybridized carbons (Fsp3) is 0. The molecule has 0 aliphatic heterocycles. The second-order valence-corrected chi connectivity index (χ2v) is 2.35. The van der Waals surface area contributed by atoms with E-state index < -0.39 is 6.16 Å². The van der Waals surface area contributed by atoms with Gasteiger partial charge in [-0.15, -0.1) is 0 Å². The smallest absolute Gasteiger partial charge is 0.450 e. The van der Waals surface area contributed by atoms with Gasteiger partial charge in [-0.25, -0.2) is 4.79 Å². The Morgan fingerprint density at radius 3 is 2.29 bits per heavy atom. The molecule has 0 fully saturated rings. The highest BCUT2D eigenvalue weighted by molar-refractivity contribution is 7.59. The first-order valence-electron chi connectivity index (χ1n) is 3.64. The number of para-hydroxylation sites is 1. The Labute approximate surface area is 87.6 Å². The average Bonchev–Trinajstić information content (AvgIpc) is 2.49. The second kappa shape index (κ2) is 5.93. The van der Waals surface area contributed by atoms with E-state index >= 15 is 0 Å². The van der Waals surface area contributed by atoms with Crippen LogP contribution in [0.25, 0.3) is 10.9 Å². The molecule has 2 rings (SSSR count). The van der Waals surface area contributed by atoms with Gasteiger partial charge < -0.3 is 15.2 Å². The molecule has 4 nitrogen and oxygen atoms in total. The molecule has 0 aliphatic carbocycles. The van der Waals surface area contributed by atoms with Crippen molar-refractivity contribution in [2.75, 3.05) is 0 Å². The van der Waals surface area contributed by atoms with Crippen molar-refractivity contribution in [2.45, 2.75) is 0 Å². The van der Waals surface area contributed by atoms with Crippen molar-refractivity contribution in [3.63, 3.8) is 0 Å². The van der Waals surface area contributed by atoms with E-state index in [1.807, 2.05) is 18.3 Å². The molecule has 1 aromatic carbocycles. The van der Waals surface area contributed by atoms with Crippen LogP contribution in [0, 0.1) is 0 Å². The van der Waals surface area contributed by atoms with E-state index in [4.69, 9.17) is 15.0 Å². The number of hydrogen-bond donors (Lipinski definition) is 3. The normalized spacial score (nSPS) is 8.29. The van der Waals surface area contributed by atoms with Crippen LogP contribution in [0.15, 0.2) is 36.5 Å². The standard InChI is InChI=1S/C8H7N.CH2O3.H2S/c1-2-4-8-7(3-1)5-6-9-8;2-1(3)4;/h1-6,9H;(H2,2,3,4);1H2. The number of hydrogen-bond acceptors (Lipinski definition) is 1. The number of rotatable bonds is 0. The molecule has 14 heavy (non-hydrogen) atoms. The monoisotopic (exact) mass is 213 g/mol. The molecule has 0 radical (unpaired) electrons. The molecule has 1 aromatic heterocycles. The van der Waals surface area contributed by atoms with Crippen molar-refractivity contribution in [2.24, 2.45) is 0 Å². The molecule has 3 N–H and O–H groups in total. The van der Waals surface area contributed by atoms with Crippen LogP contribution in [-0.2, 0) is 0 Å². The molecular weight excluding hydrogens is 202 g/mol. The summed E-state index contributed by atoms with van der Waals surface area (Å²) in [5.41, 5.74) is 1.21. The van der Waals surface area contributed by atoms with Crippen LogP contribution in [0.5, 0.6) is 0 Å². The summed E-state index contributed by atoms with van der Waals surface area (Å²) < 4.78 is 0. The topological polar surface area (TPSA) is 73.3 Å². The van der Waals surface area contributed by atoms with Gasteiger partial charge in [0.1, 0.15) is 0 Å². The number of H-pyrrole nitrogens is 1. The van der Waals surface area contributed by atoms with Crippen LogP contribution in [0.4, 0.5) is 4.79 Å². The lowest BCUT2D eigenvalue weighted by Crippen LogP contribution is -1.81. The SMILES string of the molecule is O=C(O)O.S.c1ccc2[nH]ccc2c1. The van der Waals surface area contributed by atoms with Crippen LogP contribution in [-0.4, -0.2) is 21.4 Å².